The molecule has 1 aromatic carbocycles. The van der Waals surface area contributed by atoms with E-state index in [-0.39, 0.29) is 5.91 Å². The van der Waals surface area contributed by atoms with Crippen LogP contribution in [0.4, 0.5) is 0 Å². The highest BCUT2D eigenvalue weighted by Gasteiger charge is 2.11. The van der Waals surface area contributed by atoms with Crippen molar-refractivity contribution in [3.8, 4) is 0 Å². The third-order valence-corrected chi connectivity index (χ3v) is 3.40. The predicted octanol–water partition coefficient (Wildman–Crippen LogP) is 2.68. The van der Waals surface area contributed by atoms with E-state index in [1.165, 1.54) is 0 Å². The van der Waals surface area contributed by atoms with E-state index in [4.69, 9.17) is 4.52 Å². The summed E-state index contributed by atoms with van der Waals surface area (Å²) >= 11 is 3.40. The van der Waals surface area contributed by atoms with E-state index >= 15 is 0 Å². The van der Waals surface area contributed by atoms with Gasteiger partial charge in [-0.2, -0.15) is 0 Å². The maximum atomic E-state index is 11.9. The van der Waals surface area contributed by atoms with E-state index < -0.39 is 0 Å². The summed E-state index contributed by atoms with van der Waals surface area (Å²) in [4.78, 5) is 11.9. The largest absolute Gasteiger partial charge is 0.360 e. The second-order valence-electron chi connectivity index (χ2n) is 3.60. The molecule has 0 radical (unpaired) electrons. The van der Waals surface area contributed by atoms with Crippen molar-refractivity contribution in [3.05, 3.63) is 51.8 Å². The van der Waals surface area contributed by atoms with Crippen LogP contribution in [0.5, 0.6) is 0 Å². The summed E-state index contributed by atoms with van der Waals surface area (Å²) in [5, 5.41) is 6.34. The molecule has 0 aliphatic rings. The van der Waals surface area contributed by atoms with Crippen LogP contribution < -0.4 is 5.32 Å². The Labute approximate surface area is 107 Å². The average Bonchev–Trinajstić information content (AvgIpc) is 2.82. The number of amides is 1. The summed E-state index contributed by atoms with van der Waals surface area (Å²) in [5.41, 5.74) is 1.64. The zero-order valence-corrected chi connectivity index (χ0v) is 10.8. The summed E-state index contributed by atoms with van der Waals surface area (Å²) in [7, 11) is 0. The second kappa shape index (κ2) is 5.14. The summed E-state index contributed by atoms with van der Waals surface area (Å²) < 4.78 is 5.71. The number of hydrogen-bond acceptors (Lipinski definition) is 3. The van der Waals surface area contributed by atoms with Crippen LogP contribution in [-0.4, -0.2) is 11.1 Å². The van der Waals surface area contributed by atoms with Crippen molar-refractivity contribution in [3.63, 3.8) is 0 Å². The van der Waals surface area contributed by atoms with Gasteiger partial charge in [-0.05, 0) is 34.5 Å². The summed E-state index contributed by atoms with van der Waals surface area (Å²) in [5.74, 6) is 0.485. The highest BCUT2D eigenvalue weighted by Crippen LogP contribution is 2.20. The summed E-state index contributed by atoms with van der Waals surface area (Å²) in [6.07, 6.45) is 1.55. The fourth-order valence-corrected chi connectivity index (χ4v) is 1.86. The molecule has 5 heteroatoms. The smallest absolute Gasteiger partial charge is 0.252 e. The number of benzene rings is 1. The highest BCUT2D eigenvalue weighted by atomic mass is 79.9. The minimum absolute atomic E-state index is 0.142. The molecule has 1 heterocycles. The Morgan fingerprint density at radius 2 is 2.29 bits per heavy atom. The molecule has 1 aromatic heterocycles. The van der Waals surface area contributed by atoms with Crippen LogP contribution in [-0.2, 0) is 6.54 Å². The van der Waals surface area contributed by atoms with Crippen LogP contribution in [0.25, 0.3) is 0 Å². The molecule has 17 heavy (non-hydrogen) atoms. The molecular weight excluding hydrogens is 284 g/mol. The highest BCUT2D eigenvalue weighted by molar-refractivity contribution is 9.10. The zero-order chi connectivity index (χ0) is 12.3. The number of nitrogens with zero attached hydrogens (tertiary/aromatic N) is 1. The van der Waals surface area contributed by atoms with Gasteiger partial charge in [-0.15, -0.1) is 0 Å². The minimum Gasteiger partial charge on any atom is -0.360 e. The number of nitrogens with one attached hydrogen (secondary N) is 1. The zero-order valence-electron chi connectivity index (χ0n) is 9.24. The lowest BCUT2D eigenvalue weighted by atomic mass is 10.1. The summed E-state index contributed by atoms with van der Waals surface area (Å²) in [6.45, 7) is 2.27. The van der Waals surface area contributed by atoms with Gasteiger partial charge in [0.15, 0.2) is 5.76 Å². The normalized spacial score (nSPS) is 10.2. The number of aromatic nitrogens is 1. The molecule has 0 saturated heterocycles. The Morgan fingerprint density at radius 1 is 1.47 bits per heavy atom. The maximum absolute atomic E-state index is 11.9. The van der Waals surface area contributed by atoms with E-state index in [0.717, 1.165) is 10.0 Å². The molecule has 88 valence electrons. The van der Waals surface area contributed by atoms with Crippen LogP contribution in [0, 0.1) is 6.92 Å². The van der Waals surface area contributed by atoms with E-state index in [0.29, 0.717) is 17.9 Å². The van der Waals surface area contributed by atoms with Gasteiger partial charge in [0.2, 0.25) is 0 Å². The van der Waals surface area contributed by atoms with Gasteiger partial charge >= 0.3 is 0 Å². The van der Waals surface area contributed by atoms with E-state index in [1.807, 2.05) is 19.1 Å². The first-order valence-corrected chi connectivity index (χ1v) is 5.90. The Morgan fingerprint density at radius 3 is 3.00 bits per heavy atom. The Kier molecular flexibility index (Phi) is 3.58. The lowest BCUT2D eigenvalue weighted by Crippen LogP contribution is -2.23. The van der Waals surface area contributed by atoms with Crippen molar-refractivity contribution in [2.45, 2.75) is 13.5 Å². The average molecular weight is 295 g/mol. The van der Waals surface area contributed by atoms with Gasteiger partial charge in [0, 0.05) is 10.5 Å². The summed E-state index contributed by atoms with van der Waals surface area (Å²) in [6, 6.07) is 7.28. The molecule has 0 fully saturated rings. The van der Waals surface area contributed by atoms with Crippen LogP contribution in [0.1, 0.15) is 21.7 Å². The van der Waals surface area contributed by atoms with Crippen LogP contribution in [0.15, 0.2) is 39.5 Å². The number of halogens is 1. The van der Waals surface area contributed by atoms with Crippen molar-refractivity contribution >= 4 is 21.8 Å². The number of rotatable bonds is 3. The Hall–Kier alpha value is -1.62. The fraction of sp³-hybridized carbons (Fsp3) is 0.167. The quantitative estimate of drug-likeness (QED) is 0.947. The molecule has 0 atom stereocenters. The molecule has 0 saturated carbocycles. The predicted molar refractivity (Wildman–Crippen MR) is 66.6 cm³/mol. The molecular formula is C12H11BrN2O2. The fourth-order valence-electron chi connectivity index (χ4n) is 1.42. The Balaban J connectivity index is 2.07. The van der Waals surface area contributed by atoms with E-state index in [1.54, 1.807) is 18.3 Å². The van der Waals surface area contributed by atoms with Gasteiger partial charge in [-0.3, -0.25) is 4.79 Å². The first-order valence-electron chi connectivity index (χ1n) is 5.11. The van der Waals surface area contributed by atoms with Crippen LogP contribution >= 0.6 is 15.9 Å². The molecule has 0 spiro atoms. The van der Waals surface area contributed by atoms with Gasteiger partial charge < -0.3 is 9.84 Å². The van der Waals surface area contributed by atoms with Gasteiger partial charge in [-0.1, -0.05) is 17.3 Å². The molecule has 2 aromatic rings. The number of hydrogen-bond donors (Lipinski definition) is 1. The number of aryl methyl sites for hydroxylation is 1. The van der Waals surface area contributed by atoms with Crippen molar-refractivity contribution in [1.82, 2.24) is 10.5 Å². The van der Waals surface area contributed by atoms with Crippen molar-refractivity contribution < 1.29 is 9.32 Å². The molecule has 1 amide bonds. The molecule has 2 rings (SSSR count). The first-order chi connectivity index (χ1) is 8.18. The van der Waals surface area contributed by atoms with E-state index in [9.17, 15) is 4.79 Å². The third kappa shape index (κ3) is 2.74. The lowest BCUT2D eigenvalue weighted by molar-refractivity contribution is 0.0946. The Bertz CT molecular complexity index is 523. The van der Waals surface area contributed by atoms with Crippen molar-refractivity contribution in [2.75, 3.05) is 0 Å². The SMILES string of the molecule is Cc1cccc(C(=O)NCc2ccno2)c1Br. The third-order valence-electron chi connectivity index (χ3n) is 2.35. The number of carbonyl (C=O) groups is 1. The van der Waals surface area contributed by atoms with E-state index in [2.05, 4.69) is 26.4 Å². The van der Waals surface area contributed by atoms with Crippen LogP contribution in [0.2, 0.25) is 0 Å². The molecule has 0 aliphatic carbocycles. The molecule has 4 nitrogen and oxygen atoms in total. The first kappa shape index (κ1) is 11.9. The molecule has 0 unspecified atom stereocenters. The minimum atomic E-state index is -0.142. The van der Waals surface area contributed by atoms with Gasteiger partial charge in [0.1, 0.15) is 0 Å². The molecule has 0 bridgehead atoms. The van der Waals surface area contributed by atoms with Crippen molar-refractivity contribution in [2.24, 2.45) is 0 Å². The molecule has 1 N–H and O–H groups in total. The van der Waals surface area contributed by atoms with Gasteiger partial charge in [-0.25, -0.2) is 0 Å². The van der Waals surface area contributed by atoms with Gasteiger partial charge in [0.05, 0.1) is 18.3 Å². The number of carbonyl (C=O) groups excluding carboxylic acids is 1. The van der Waals surface area contributed by atoms with Crippen LogP contribution in [0.3, 0.4) is 0 Å². The van der Waals surface area contributed by atoms with Gasteiger partial charge in [0.25, 0.3) is 5.91 Å². The monoisotopic (exact) mass is 294 g/mol. The molecule has 0 aliphatic heterocycles. The van der Waals surface area contributed by atoms with Crippen molar-refractivity contribution in [1.29, 1.82) is 0 Å². The maximum Gasteiger partial charge on any atom is 0.252 e. The topological polar surface area (TPSA) is 55.1 Å². The second-order valence-corrected chi connectivity index (χ2v) is 4.39. The lowest BCUT2D eigenvalue weighted by Gasteiger charge is -2.06. The standard InChI is InChI=1S/C12H11BrN2O2/c1-8-3-2-4-10(11(8)13)12(16)14-7-9-5-6-15-17-9/h2-6H,7H2,1H3,(H,14,16).